The fourth-order valence-corrected chi connectivity index (χ4v) is 3.30. The molecule has 2 aromatic rings. The summed E-state index contributed by atoms with van der Waals surface area (Å²) in [4.78, 5) is 13.8. The second-order valence-electron chi connectivity index (χ2n) is 6.27. The Morgan fingerprint density at radius 2 is 2.00 bits per heavy atom. The number of nitrogens with zero attached hydrogens (tertiary/aromatic N) is 1. The third-order valence-corrected chi connectivity index (χ3v) is 4.61. The average molecular weight is 353 g/mol. The molecule has 1 heterocycles. The molecule has 1 aliphatic heterocycles. The minimum Gasteiger partial charge on any atom is -0.362 e. The second kappa shape index (κ2) is 8.12. The minimum atomic E-state index is 0.210. The van der Waals surface area contributed by atoms with Gasteiger partial charge in [0.25, 0.3) is 0 Å². The van der Waals surface area contributed by atoms with Crippen molar-refractivity contribution in [3.05, 3.63) is 59.7 Å². The number of nitrogens with one attached hydrogen (secondary N) is 2. The van der Waals surface area contributed by atoms with E-state index in [4.69, 9.17) is 12.2 Å². The van der Waals surface area contributed by atoms with Crippen molar-refractivity contribution in [2.75, 3.05) is 23.3 Å². The Morgan fingerprint density at radius 1 is 1.20 bits per heavy atom. The smallest absolute Gasteiger partial charge is 0.227 e. The molecule has 0 atom stereocenters. The van der Waals surface area contributed by atoms with Gasteiger partial charge < -0.3 is 15.5 Å². The Hall–Kier alpha value is -2.40. The normalized spacial score (nSPS) is 13.8. The number of benzene rings is 2. The standard InChI is InChI=1S/C20H23N3OS/c1-15-14-17(9-10-18(15)23-13-5-8-19(23)24)22-20(25)21-12-11-16-6-3-2-4-7-16/h2-4,6-7,9-10,14H,5,8,11-13H2,1H3,(H2,21,22,25). The van der Waals surface area contributed by atoms with E-state index in [0.29, 0.717) is 11.5 Å². The molecule has 4 nitrogen and oxygen atoms in total. The first-order chi connectivity index (χ1) is 12.1. The van der Waals surface area contributed by atoms with E-state index in [1.807, 2.05) is 48.2 Å². The van der Waals surface area contributed by atoms with Crippen molar-refractivity contribution in [1.82, 2.24) is 5.32 Å². The largest absolute Gasteiger partial charge is 0.362 e. The number of hydrogen-bond acceptors (Lipinski definition) is 2. The molecule has 2 N–H and O–H groups in total. The maximum Gasteiger partial charge on any atom is 0.227 e. The molecular formula is C20H23N3OS. The summed E-state index contributed by atoms with van der Waals surface area (Å²) in [5, 5.41) is 7.06. The summed E-state index contributed by atoms with van der Waals surface area (Å²) < 4.78 is 0. The van der Waals surface area contributed by atoms with Crippen molar-refractivity contribution in [3.8, 4) is 0 Å². The summed E-state index contributed by atoms with van der Waals surface area (Å²) in [6, 6.07) is 16.3. The SMILES string of the molecule is Cc1cc(NC(=S)NCCc2ccccc2)ccc1N1CCCC1=O. The Balaban J connectivity index is 1.53. The van der Waals surface area contributed by atoms with E-state index in [0.717, 1.165) is 42.9 Å². The quantitative estimate of drug-likeness (QED) is 0.806. The Kier molecular flexibility index (Phi) is 5.66. The summed E-state index contributed by atoms with van der Waals surface area (Å²) in [5.74, 6) is 0.210. The number of amides is 1. The van der Waals surface area contributed by atoms with Gasteiger partial charge in [0.2, 0.25) is 5.91 Å². The number of aryl methyl sites for hydroxylation is 1. The summed E-state index contributed by atoms with van der Waals surface area (Å²) in [7, 11) is 0. The van der Waals surface area contributed by atoms with Gasteiger partial charge in [-0.1, -0.05) is 30.3 Å². The first-order valence-electron chi connectivity index (χ1n) is 8.63. The maximum atomic E-state index is 11.9. The molecule has 1 aliphatic rings. The van der Waals surface area contributed by atoms with Crippen LogP contribution in [0.4, 0.5) is 11.4 Å². The van der Waals surface area contributed by atoms with Crippen LogP contribution in [0.5, 0.6) is 0 Å². The molecule has 0 saturated carbocycles. The van der Waals surface area contributed by atoms with Crippen LogP contribution in [0.3, 0.4) is 0 Å². The molecule has 1 amide bonds. The first kappa shape index (κ1) is 17.4. The van der Waals surface area contributed by atoms with Crippen LogP contribution in [-0.4, -0.2) is 24.1 Å². The predicted octanol–water partition coefficient (Wildman–Crippen LogP) is 3.65. The van der Waals surface area contributed by atoms with E-state index < -0.39 is 0 Å². The van der Waals surface area contributed by atoms with Gasteiger partial charge >= 0.3 is 0 Å². The van der Waals surface area contributed by atoms with Crippen LogP contribution >= 0.6 is 12.2 Å². The lowest BCUT2D eigenvalue weighted by atomic mass is 10.1. The fourth-order valence-electron chi connectivity index (χ4n) is 3.08. The molecule has 130 valence electrons. The minimum absolute atomic E-state index is 0.210. The molecular weight excluding hydrogens is 330 g/mol. The highest BCUT2D eigenvalue weighted by Gasteiger charge is 2.22. The maximum absolute atomic E-state index is 11.9. The summed E-state index contributed by atoms with van der Waals surface area (Å²) in [6.45, 7) is 3.62. The fraction of sp³-hybridized carbons (Fsp3) is 0.300. The van der Waals surface area contributed by atoms with Crippen molar-refractivity contribution >= 4 is 34.6 Å². The molecule has 2 aromatic carbocycles. The van der Waals surface area contributed by atoms with Gasteiger partial charge in [0.15, 0.2) is 5.11 Å². The van der Waals surface area contributed by atoms with E-state index in [-0.39, 0.29) is 5.91 Å². The van der Waals surface area contributed by atoms with Crippen LogP contribution in [0.15, 0.2) is 48.5 Å². The lowest BCUT2D eigenvalue weighted by molar-refractivity contribution is -0.117. The van der Waals surface area contributed by atoms with Crippen molar-refractivity contribution in [3.63, 3.8) is 0 Å². The van der Waals surface area contributed by atoms with E-state index in [1.165, 1.54) is 5.56 Å². The van der Waals surface area contributed by atoms with Crippen LogP contribution < -0.4 is 15.5 Å². The monoisotopic (exact) mass is 353 g/mol. The molecule has 0 spiro atoms. The van der Waals surface area contributed by atoms with E-state index in [9.17, 15) is 4.79 Å². The van der Waals surface area contributed by atoms with Gasteiger partial charge in [0.05, 0.1) is 0 Å². The zero-order chi connectivity index (χ0) is 17.6. The van der Waals surface area contributed by atoms with Gasteiger partial charge in [-0.2, -0.15) is 0 Å². The highest BCUT2D eigenvalue weighted by Crippen LogP contribution is 2.27. The van der Waals surface area contributed by atoms with Crippen molar-refractivity contribution in [1.29, 1.82) is 0 Å². The van der Waals surface area contributed by atoms with Gasteiger partial charge in [-0.25, -0.2) is 0 Å². The molecule has 3 rings (SSSR count). The zero-order valence-electron chi connectivity index (χ0n) is 14.4. The lowest BCUT2D eigenvalue weighted by Crippen LogP contribution is -2.30. The Morgan fingerprint density at radius 3 is 2.68 bits per heavy atom. The zero-order valence-corrected chi connectivity index (χ0v) is 15.2. The van der Waals surface area contributed by atoms with Crippen LogP contribution in [0.2, 0.25) is 0 Å². The van der Waals surface area contributed by atoms with Crippen molar-refractivity contribution in [2.24, 2.45) is 0 Å². The van der Waals surface area contributed by atoms with E-state index in [2.05, 4.69) is 22.8 Å². The molecule has 0 radical (unpaired) electrons. The third kappa shape index (κ3) is 4.57. The van der Waals surface area contributed by atoms with E-state index in [1.54, 1.807) is 0 Å². The summed E-state index contributed by atoms with van der Waals surface area (Å²) in [6.07, 6.45) is 2.51. The van der Waals surface area contributed by atoms with Gasteiger partial charge in [-0.3, -0.25) is 4.79 Å². The number of thiocarbonyl (C=S) groups is 1. The predicted molar refractivity (Wildman–Crippen MR) is 107 cm³/mol. The topological polar surface area (TPSA) is 44.4 Å². The summed E-state index contributed by atoms with van der Waals surface area (Å²) >= 11 is 5.37. The molecule has 5 heteroatoms. The molecule has 0 unspecified atom stereocenters. The third-order valence-electron chi connectivity index (χ3n) is 4.36. The van der Waals surface area contributed by atoms with Gasteiger partial charge in [-0.05, 0) is 61.3 Å². The van der Waals surface area contributed by atoms with Crippen LogP contribution in [0.1, 0.15) is 24.0 Å². The lowest BCUT2D eigenvalue weighted by Gasteiger charge is -2.19. The van der Waals surface area contributed by atoms with Crippen LogP contribution in [-0.2, 0) is 11.2 Å². The number of carbonyl (C=O) groups is 1. The van der Waals surface area contributed by atoms with Gasteiger partial charge in [-0.15, -0.1) is 0 Å². The summed E-state index contributed by atoms with van der Waals surface area (Å²) in [5.41, 5.74) is 4.29. The highest BCUT2D eigenvalue weighted by atomic mass is 32.1. The Bertz CT molecular complexity index is 761. The van der Waals surface area contributed by atoms with Crippen molar-refractivity contribution < 1.29 is 4.79 Å². The molecule has 0 bridgehead atoms. The van der Waals surface area contributed by atoms with Crippen molar-refractivity contribution in [2.45, 2.75) is 26.2 Å². The number of carbonyl (C=O) groups excluding carboxylic acids is 1. The second-order valence-corrected chi connectivity index (χ2v) is 6.67. The molecule has 25 heavy (non-hydrogen) atoms. The molecule has 1 saturated heterocycles. The molecule has 0 aromatic heterocycles. The number of hydrogen-bond donors (Lipinski definition) is 2. The number of rotatable bonds is 5. The van der Waals surface area contributed by atoms with E-state index >= 15 is 0 Å². The highest BCUT2D eigenvalue weighted by molar-refractivity contribution is 7.80. The van der Waals surface area contributed by atoms with Gasteiger partial charge in [0.1, 0.15) is 0 Å². The molecule has 1 fully saturated rings. The van der Waals surface area contributed by atoms with Crippen LogP contribution in [0, 0.1) is 6.92 Å². The van der Waals surface area contributed by atoms with Gasteiger partial charge in [0, 0.05) is 30.9 Å². The Labute approximate surface area is 154 Å². The average Bonchev–Trinajstić information content (AvgIpc) is 3.02. The molecule has 0 aliphatic carbocycles. The van der Waals surface area contributed by atoms with Crippen LogP contribution in [0.25, 0.3) is 0 Å². The first-order valence-corrected chi connectivity index (χ1v) is 9.04. The number of anilines is 2.